The minimum absolute atomic E-state index is 0.770. The van der Waals surface area contributed by atoms with Crippen LogP contribution in [0.5, 0.6) is 0 Å². The van der Waals surface area contributed by atoms with E-state index in [1.165, 1.54) is 21.7 Å². The molecule has 0 atom stereocenters. The van der Waals surface area contributed by atoms with Crippen LogP contribution in [-0.4, -0.2) is 16.0 Å². The van der Waals surface area contributed by atoms with Gasteiger partial charge in [-0.05, 0) is 50.3 Å². The number of rotatable bonds is 2. The fraction of sp³-hybridized carbons (Fsp3) is 0.357. The van der Waals surface area contributed by atoms with Gasteiger partial charge in [0, 0.05) is 18.2 Å². The average Bonchev–Trinajstić information content (AvgIpc) is 2.59. The van der Waals surface area contributed by atoms with E-state index in [1.54, 1.807) is 11.8 Å². The van der Waals surface area contributed by atoms with Gasteiger partial charge < -0.3 is 0 Å². The lowest BCUT2D eigenvalue weighted by atomic mass is 10.0. The van der Waals surface area contributed by atoms with Gasteiger partial charge in [-0.3, -0.25) is 4.68 Å². The molecule has 0 unspecified atom stereocenters. The van der Waals surface area contributed by atoms with Crippen LogP contribution in [-0.2, 0) is 7.05 Å². The fourth-order valence-corrected chi connectivity index (χ4v) is 3.13. The number of hydrogen-bond acceptors (Lipinski definition) is 2. The Balaban J connectivity index is 2.66. The predicted octanol–water partition coefficient (Wildman–Crippen LogP) is 4.39. The molecule has 0 saturated carbocycles. The highest BCUT2D eigenvalue weighted by atomic mass is 35.5. The van der Waals surface area contributed by atoms with Crippen LogP contribution in [0.4, 0.5) is 0 Å². The minimum atomic E-state index is 0.770. The number of benzene rings is 1. The standard InChI is InChI=1S/C14H17ClN2S/c1-8-6-11(12(15)7-9(8)2)13-10(3)14(18-5)17(4)16-13/h6-7H,1-5H3. The van der Waals surface area contributed by atoms with Crippen molar-refractivity contribution in [3.05, 3.63) is 33.8 Å². The Hall–Kier alpha value is -0.930. The molecule has 0 aliphatic carbocycles. The zero-order valence-corrected chi connectivity index (χ0v) is 12.9. The van der Waals surface area contributed by atoms with Crippen LogP contribution in [0, 0.1) is 20.8 Å². The van der Waals surface area contributed by atoms with Crippen molar-refractivity contribution in [2.75, 3.05) is 6.26 Å². The number of halogens is 1. The van der Waals surface area contributed by atoms with Crippen LogP contribution in [0.3, 0.4) is 0 Å². The summed E-state index contributed by atoms with van der Waals surface area (Å²) < 4.78 is 1.92. The zero-order valence-electron chi connectivity index (χ0n) is 11.3. The summed E-state index contributed by atoms with van der Waals surface area (Å²) in [7, 11) is 1.97. The molecule has 96 valence electrons. The van der Waals surface area contributed by atoms with Gasteiger partial charge in [0.05, 0.1) is 15.7 Å². The Labute approximate surface area is 117 Å². The normalized spacial score (nSPS) is 11.0. The molecule has 0 saturated heterocycles. The molecule has 1 aromatic heterocycles. The molecule has 1 aromatic carbocycles. The number of aryl methyl sites for hydroxylation is 3. The third-order valence-corrected chi connectivity index (χ3v) is 4.52. The van der Waals surface area contributed by atoms with Crippen LogP contribution in [0.15, 0.2) is 17.2 Å². The van der Waals surface area contributed by atoms with Crippen molar-refractivity contribution in [1.82, 2.24) is 9.78 Å². The smallest absolute Gasteiger partial charge is 0.0979 e. The van der Waals surface area contributed by atoms with E-state index in [-0.39, 0.29) is 0 Å². The van der Waals surface area contributed by atoms with Crippen molar-refractivity contribution in [2.45, 2.75) is 25.8 Å². The summed E-state index contributed by atoms with van der Waals surface area (Å²) in [6, 6.07) is 4.14. The second-order valence-electron chi connectivity index (χ2n) is 4.52. The maximum Gasteiger partial charge on any atom is 0.0979 e. The molecule has 4 heteroatoms. The first-order valence-electron chi connectivity index (χ1n) is 5.80. The van der Waals surface area contributed by atoms with Gasteiger partial charge >= 0.3 is 0 Å². The second kappa shape index (κ2) is 4.98. The maximum absolute atomic E-state index is 6.36. The summed E-state index contributed by atoms with van der Waals surface area (Å²) in [6.45, 7) is 6.27. The third-order valence-electron chi connectivity index (χ3n) is 3.25. The van der Waals surface area contributed by atoms with E-state index in [9.17, 15) is 0 Å². The summed E-state index contributed by atoms with van der Waals surface area (Å²) in [5.41, 5.74) is 5.64. The van der Waals surface area contributed by atoms with Crippen molar-refractivity contribution in [2.24, 2.45) is 7.05 Å². The molecular formula is C14H17ClN2S. The third kappa shape index (κ3) is 2.17. The Bertz CT molecular complexity index is 602. The van der Waals surface area contributed by atoms with Crippen molar-refractivity contribution in [3.8, 4) is 11.3 Å². The van der Waals surface area contributed by atoms with Crippen molar-refractivity contribution in [1.29, 1.82) is 0 Å². The summed E-state index contributed by atoms with van der Waals surface area (Å²) >= 11 is 8.06. The van der Waals surface area contributed by atoms with Gasteiger partial charge in [-0.1, -0.05) is 11.6 Å². The summed E-state index contributed by atoms with van der Waals surface area (Å²) in [6.07, 6.45) is 2.07. The minimum Gasteiger partial charge on any atom is -0.261 e. The Kier molecular flexibility index (Phi) is 3.74. The molecule has 2 rings (SSSR count). The van der Waals surface area contributed by atoms with Gasteiger partial charge in [-0.2, -0.15) is 5.10 Å². The topological polar surface area (TPSA) is 17.8 Å². The average molecular weight is 281 g/mol. The van der Waals surface area contributed by atoms with E-state index < -0.39 is 0 Å². The Morgan fingerprint density at radius 3 is 2.33 bits per heavy atom. The molecule has 0 radical (unpaired) electrons. The highest BCUT2D eigenvalue weighted by Crippen LogP contribution is 2.34. The molecule has 0 amide bonds. The van der Waals surface area contributed by atoms with Gasteiger partial charge in [0.2, 0.25) is 0 Å². The number of nitrogens with zero attached hydrogens (tertiary/aromatic N) is 2. The van der Waals surface area contributed by atoms with E-state index in [0.29, 0.717) is 0 Å². The molecule has 1 heterocycles. The first-order chi connectivity index (χ1) is 8.45. The van der Waals surface area contributed by atoms with Gasteiger partial charge in [0.1, 0.15) is 0 Å². The van der Waals surface area contributed by atoms with Crippen LogP contribution < -0.4 is 0 Å². The molecule has 2 nitrogen and oxygen atoms in total. The number of aromatic nitrogens is 2. The first-order valence-corrected chi connectivity index (χ1v) is 7.40. The monoisotopic (exact) mass is 280 g/mol. The quantitative estimate of drug-likeness (QED) is 0.760. The van der Waals surface area contributed by atoms with E-state index in [1.807, 2.05) is 17.8 Å². The predicted molar refractivity (Wildman–Crippen MR) is 79.6 cm³/mol. The highest BCUT2D eigenvalue weighted by molar-refractivity contribution is 7.98. The largest absolute Gasteiger partial charge is 0.261 e. The summed E-state index contributed by atoms with van der Waals surface area (Å²) in [5, 5.41) is 6.54. The molecule has 0 aliphatic heterocycles. The molecule has 0 N–H and O–H groups in total. The van der Waals surface area contributed by atoms with Gasteiger partial charge in [0.15, 0.2) is 0 Å². The van der Waals surface area contributed by atoms with Crippen LogP contribution in [0.2, 0.25) is 5.02 Å². The lowest BCUT2D eigenvalue weighted by molar-refractivity contribution is 0.699. The SMILES string of the molecule is CSc1c(C)c(-c2cc(C)c(C)cc2Cl)nn1C. The van der Waals surface area contributed by atoms with E-state index >= 15 is 0 Å². The highest BCUT2D eigenvalue weighted by Gasteiger charge is 2.16. The Morgan fingerprint density at radius 2 is 1.78 bits per heavy atom. The van der Waals surface area contributed by atoms with E-state index in [0.717, 1.165) is 16.3 Å². The lowest BCUT2D eigenvalue weighted by Crippen LogP contribution is -1.92. The molecular weight excluding hydrogens is 264 g/mol. The molecule has 18 heavy (non-hydrogen) atoms. The summed E-state index contributed by atoms with van der Waals surface area (Å²) in [4.78, 5) is 0. The van der Waals surface area contributed by atoms with Crippen molar-refractivity contribution in [3.63, 3.8) is 0 Å². The van der Waals surface area contributed by atoms with Crippen LogP contribution >= 0.6 is 23.4 Å². The molecule has 0 aliphatic rings. The van der Waals surface area contributed by atoms with Crippen LogP contribution in [0.25, 0.3) is 11.3 Å². The summed E-state index contributed by atoms with van der Waals surface area (Å²) in [5.74, 6) is 0. The zero-order chi connectivity index (χ0) is 13.4. The second-order valence-corrected chi connectivity index (χ2v) is 5.72. The Morgan fingerprint density at radius 1 is 1.17 bits per heavy atom. The molecule has 2 aromatic rings. The molecule has 0 fully saturated rings. The maximum atomic E-state index is 6.36. The van der Waals surface area contributed by atoms with Crippen LogP contribution in [0.1, 0.15) is 16.7 Å². The van der Waals surface area contributed by atoms with Crippen molar-refractivity contribution >= 4 is 23.4 Å². The number of hydrogen-bond donors (Lipinski definition) is 0. The lowest BCUT2D eigenvalue weighted by Gasteiger charge is -2.07. The fourth-order valence-electron chi connectivity index (χ4n) is 2.12. The van der Waals surface area contributed by atoms with E-state index in [2.05, 4.69) is 38.2 Å². The first kappa shape index (κ1) is 13.5. The van der Waals surface area contributed by atoms with Gasteiger partial charge in [-0.15, -0.1) is 11.8 Å². The number of thioether (sulfide) groups is 1. The van der Waals surface area contributed by atoms with Gasteiger partial charge in [-0.25, -0.2) is 0 Å². The van der Waals surface area contributed by atoms with E-state index in [4.69, 9.17) is 11.6 Å². The molecule has 0 bridgehead atoms. The van der Waals surface area contributed by atoms with Crippen molar-refractivity contribution < 1.29 is 0 Å². The molecule has 0 spiro atoms. The van der Waals surface area contributed by atoms with Gasteiger partial charge in [0.25, 0.3) is 0 Å².